The molecule has 0 amide bonds. The van der Waals surface area contributed by atoms with E-state index >= 15 is 0 Å². The Labute approximate surface area is 118 Å². The maximum Gasteiger partial charge on any atom is 0.100 e. The normalized spacial score (nSPS) is 11.2. The predicted molar refractivity (Wildman–Crippen MR) is 81.1 cm³/mol. The number of imidazole rings is 1. The second-order valence-electron chi connectivity index (χ2n) is 5.08. The van der Waals surface area contributed by atoms with Gasteiger partial charge >= 0.3 is 0 Å². The number of benzene rings is 1. The van der Waals surface area contributed by atoms with Gasteiger partial charge in [-0.3, -0.25) is 9.55 Å². The van der Waals surface area contributed by atoms with E-state index in [0.29, 0.717) is 0 Å². The summed E-state index contributed by atoms with van der Waals surface area (Å²) in [6.07, 6.45) is 3.72. The number of hydrogen-bond donors (Lipinski definition) is 1. The number of nitrogens with one attached hydrogen (secondary N) is 1. The second-order valence-corrected chi connectivity index (χ2v) is 5.08. The Morgan fingerprint density at radius 3 is 2.70 bits per heavy atom. The first-order valence-corrected chi connectivity index (χ1v) is 6.73. The Morgan fingerprint density at radius 1 is 1.10 bits per heavy atom. The highest BCUT2D eigenvalue weighted by Gasteiger charge is 2.07. The van der Waals surface area contributed by atoms with Crippen LogP contribution in [-0.4, -0.2) is 21.6 Å². The van der Waals surface area contributed by atoms with Crippen molar-refractivity contribution in [3.8, 4) is 5.69 Å². The molecule has 0 aliphatic heterocycles. The third kappa shape index (κ3) is 2.18. The Kier molecular flexibility index (Phi) is 3.24. The van der Waals surface area contributed by atoms with Gasteiger partial charge in [-0.25, -0.2) is 4.98 Å². The first-order valence-electron chi connectivity index (χ1n) is 6.73. The van der Waals surface area contributed by atoms with Crippen molar-refractivity contribution >= 4 is 11.0 Å². The highest BCUT2D eigenvalue weighted by atomic mass is 15.1. The summed E-state index contributed by atoms with van der Waals surface area (Å²) in [6, 6.07) is 8.43. The number of fused-ring (bicyclic) bond motifs is 1. The summed E-state index contributed by atoms with van der Waals surface area (Å²) in [5.41, 5.74) is 6.83. The van der Waals surface area contributed by atoms with Gasteiger partial charge in [0.05, 0.1) is 22.4 Å². The number of aromatic nitrogens is 3. The van der Waals surface area contributed by atoms with E-state index < -0.39 is 0 Å². The van der Waals surface area contributed by atoms with Gasteiger partial charge in [0.15, 0.2) is 0 Å². The summed E-state index contributed by atoms with van der Waals surface area (Å²) in [6.45, 7) is 5.01. The zero-order chi connectivity index (χ0) is 14.1. The van der Waals surface area contributed by atoms with Gasteiger partial charge in [0, 0.05) is 12.7 Å². The Bertz CT molecular complexity index is 758. The molecule has 0 aliphatic rings. The molecule has 2 heterocycles. The van der Waals surface area contributed by atoms with Gasteiger partial charge in [0.25, 0.3) is 0 Å². The van der Waals surface area contributed by atoms with Crippen molar-refractivity contribution in [3.63, 3.8) is 0 Å². The molecule has 4 heteroatoms. The summed E-state index contributed by atoms with van der Waals surface area (Å²) in [4.78, 5) is 8.85. The molecule has 2 aromatic heterocycles. The SMILES string of the molecule is CNCc1cc(-n2cnc3cc(C)c(C)cc32)ccn1. The maximum absolute atomic E-state index is 4.50. The van der Waals surface area contributed by atoms with Gasteiger partial charge in [-0.1, -0.05) is 0 Å². The third-order valence-electron chi connectivity index (χ3n) is 3.60. The van der Waals surface area contributed by atoms with E-state index in [9.17, 15) is 0 Å². The fourth-order valence-corrected chi connectivity index (χ4v) is 2.36. The Balaban J connectivity index is 2.14. The van der Waals surface area contributed by atoms with Crippen LogP contribution in [0.1, 0.15) is 16.8 Å². The number of pyridine rings is 1. The molecule has 0 unspecified atom stereocenters. The molecule has 0 saturated carbocycles. The highest BCUT2D eigenvalue weighted by molar-refractivity contribution is 5.79. The molecular weight excluding hydrogens is 248 g/mol. The summed E-state index contributed by atoms with van der Waals surface area (Å²) in [5.74, 6) is 0. The molecule has 4 nitrogen and oxygen atoms in total. The lowest BCUT2D eigenvalue weighted by Gasteiger charge is -2.07. The van der Waals surface area contributed by atoms with E-state index in [2.05, 4.69) is 51.9 Å². The smallest absolute Gasteiger partial charge is 0.100 e. The molecule has 0 radical (unpaired) electrons. The van der Waals surface area contributed by atoms with E-state index in [1.54, 1.807) is 0 Å². The van der Waals surface area contributed by atoms with E-state index in [1.807, 2.05) is 25.6 Å². The summed E-state index contributed by atoms with van der Waals surface area (Å²) >= 11 is 0. The van der Waals surface area contributed by atoms with Crippen LogP contribution >= 0.6 is 0 Å². The molecular formula is C16H18N4. The van der Waals surface area contributed by atoms with Crippen LogP contribution in [0.2, 0.25) is 0 Å². The molecule has 102 valence electrons. The molecule has 0 spiro atoms. The molecule has 0 saturated heterocycles. The summed E-state index contributed by atoms with van der Waals surface area (Å²) in [7, 11) is 1.92. The van der Waals surface area contributed by atoms with Crippen LogP contribution in [0, 0.1) is 13.8 Å². The molecule has 1 N–H and O–H groups in total. The van der Waals surface area contributed by atoms with Gasteiger partial charge in [0.1, 0.15) is 6.33 Å². The number of hydrogen-bond acceptors (Lipinski definition) is 3. The highest BCUT2D eigenvalue weighted by Crippen LogP contribution is 2.21. The van der Waals surface area contributed by atoms with Gasteiger partial charge < -0.3 is 5.32 Å². The first-order chi connectivity index (χ1) is 9.69. The lowest BCUT2D eigenvalue weighted by Crippen LogP contribution is -2.07. The molecule has 0 atom stereocenters. The van der Waals surface area contributed by atoms with E-state index in [4.69, 9.17) is 0 Å². The maximum atomic E-state index is 4.50. The molecule has 20 heavy (non-hydrogen) atoms. The number of aryl methyl sites for hydroxylation is 2. The standard InChI is InChI=1S/C16H18N4/c1-11-6-15-16(7-12(11)2)20(10-19-15)14-4-5-18-13(8-14)9-17-3/h4-8,10,17H,9H2,1-3H3. The first kappa shape index (κ1) is 12.8. The average Bonchev–Trinajstić information content (AvgIpc) is 2.83. The lowest BCUT2D eigenvalue weighted by atomic mass is 10.1. The second kappa shape index (κ2) is 5.06. The van der Waals surface area contributed by atoms with Gasteiger partial charge in [-0.05, 0) is 56.3 Å². The van der Waals surface area contributed by atoms with Crippen molar-refractivity contribution in [1.82, 2.24) is 19.9 Å². The van der Waals surface area contributed by atoms with Crippen molar-refractivity contribution in [1.29, 1.82) is 0 Å². The minimum absolute atomic E-state index is 0.763. The summed E-state index contributed by atoms with van der Waals surface area (Å²) < 4.78 is 2.11. The lowest BCUT2D eigenvalue weighted by molar-refractivity contribution is 0.789. The predicted octanol–water partition coefficient (Wildman–Crippen LogP) is 2.76. The topological polar surface area (TPSA) is 42.7 Å². The number of nitrogens with zero attached hydrogens (tertiary/aromatic N) is 3. The van der Waals surface area contributed by atoms with Gasteiger partial charge in [-0.15, -0.1) is 0 Å². The zero-order valence-corrected chi connectivity index (χ0v) is 12.0. The monoisotopic (exact) mass is 266 g/mol. The molecule has 0 aliphatic carbocycles. The molecule has 0 fully saturated rings. The van der Waals surface area contributed by atoms with Crippen LogP contribution in [0.25, 0.3) is 16.7 Å². The molecule has 1 aromatic carbocycles. The van der Waals surface area contributed by atoms with E-state index in [1.165, 1.54) is 11.1 Å². The van der Waals surface area contributed by atoms with Crippen LogP contribution in [0.5, 0.6) is 0 Å². The van der Waals surface area contributed by atoms with Crippen molar-refractivity contribution < 1.29 is 0 Å². The largest absolute Gasteiger partial charge is 0.314 e. The quantitative estimate of drug-likeness (QED) is 0.792. The number of rotatable bonds is 3. The zero-order valence-electron chi connectivity index (χ0n) is 12.0. The van der Waals surface area contributed by atoms with Crippen LogP contribution in [0.3, 0.4) is 0 Å². The minimum atomic E-state index is 0.763. The van der Waals surface area contributed by atoms with Crippen LogP contribution < -0.4 is 5.32 Å². The molecule has 3 rings (SSSR count). The fraction of sp³-hybridized carbons (Fsp3) is 0.250. The van der Waals surface area contributed by atoms with E-state index in [0.717, 1.165) is 29.0 Å². The fourth-order valence-electron chi connectivity index (χ4n) is 2.36. The van der Waals surface area contributed by atoms with Gasteiger partial charge in [-0.2, -0.15) is 0 Å². The van der Waals surface area contributed by atoms with Crippen molar-refractivity contribution in [2.45, 2.75) is 20.4 Å². The van der Waals surface area contributed by atoms with Crippen LogP contribution in [0.15, 0.2) is 36.8 Å². The van der Waals surface area contributed by atoms with Gasteiger partial charge in [0.2, 0.25) is 0 Å². The van der Waals surface area contributed by atoms with E-state index in [-0.39, 0.29) is 0 Å². The summed E-state index contributed by atoms with van der Waals surface area (Å²) in [5, 5.41) is 3.12. The van der Waals surface area contributed by atoms with Crippen LogP contribution in [0.4, 0.5) is 0 Å². The van der Waals surface area contributed by atoms with Crippen molar-refractivity contribution in [2.24, 2.45) is 0 Å². The molecule has 0 bridgehead atoms. The Hall–Kier alpha value is -2.20. The van der Waals surface area contributed by atoms with Crippen molar-refractivity contribution in [2.75, 3.05) is 7.05 Å². The average molecular weight is 266 g/mol. The minimum Gasteiger partial charge on any atom is -0.314 e. The Morgan fingerprint density at radius 2 is 1.90 bits per heavy atom. The van der Waals surface area contributed by atoms with Crippen LogP contribution in [-0.2, 0) is 6.54 Å². The third-order valence-corrected chi connectivity index (χ3v) is 3.60. The van der Waals surface area contributed by atoms with Crippen molar-refractivity contribution in [3.05, 3.63) is 53.6 Å². The molecule has 3 aromatic rings.